The summed E-state index contributed by atoms with van der Waals surface area (Å²) < 4.78 is 44.1. The normalized spacial score (nSPS) is 10.9. The largest absolute Gasteiger partial charge is 0.484 e. The van der Waals surface area contributed by atoms with E-state index in [4.69, 9.17) is 4.74 Å². The Labute approximate surface area is 199 Å². The molecule has 0 saturated carbocycles. The van der Waals surface area contributed by atoms with Crippen LogP contribution in [-0.2, 0) is 11.0 Å². The molecule has 0 heterocycles. The summed E-state index contributed by atoms with van der Waals surface area (Å²) in [7, 11) is 3.20. The van der Waals surface area contributed by atoms with Gasteiger partial charge in [0.1, 0.15) is 5.75 Å². The highest BCUT2D eigenvalue weighted by Gasteiger charge is 2.30. The first-order valence-corrected chi connectivity index (χ1v) is 10.4. The molecule has 182 valence electrons. The van der Waals surface area contributed by atoms with E-state index >= 15 is 0 Å². The molecule has 0 aliphatic rings. The van der Waals surface area contributed by atoms with E-state index < -0.39 is 23.6 Å². The molecule has 0 atom stereocenters. The number of likely N-dealkylation sites (N-methyl/N-ethyl adjacent to an activating group) is 1. The number of hydrogen-bond donors (Lipinski definition) is 2. The molecule has 0 aliphatic carbocycles. The average Bonchev–Trinajstić information content (AvgIpc) is 2.82. The summed E-state index contributed by atoms with van der Waals surface area (Å²) in [6.07, 6.45) is -4.53. The minimum absolute atomic E-state index is 0.0103. The maximum atomic E-state index is 12.9. The monoisotopic (exact) mass is 485 g/mol. The molecule has 3 rings (SSSR count). The van der Waals surface area contributed by atoms with Gasteiger partial charge in [-0.25, -0.2) is 0 Å². The van der Waals surface area contributed by atoms with Gasteiger partial charge in [-0.2, -0.15) is 13.2 Å². The van der Waals surface area contributed by atoms with Crippen molar-refractivity contribution >= 4 is 29.1 Å². The molecule has 35 heavy (non-hydrogen) atoms. The first-order chi connectivity index (χ1) is 16.5. The third kappa shape index (κ3) is 7.07. The number of halogens is 3. The summed E-state index contributed by atoms with van der Waals surface area (Å²) in [5.74, 6) is -1.02. The van der Waals surface area contributed by atoms with Crippen molar-refractivity contribution in [1.29, 1.82) is 0 Å². The molecule has 0 saturated heterocycles. The van der Waals surface area contributed by atoms with E-state index in [0.29, 0.717) is 11.4 Å². The Morgan fingerprint density at radius 2 is 1.34 bits per heavy atom. The summed E-state index contributed by atoms with van der Waals surface area (Å²) in [6, 6.07) is 16.5. The highest BCUT2D eigenvalue weighted by atomic mass is 19.4. The van der Waals surface area contributed by atoms with Crippen molar-refractivity contribution in [2.75, 3.05) is 31.3 Å². The number of alkyl halides is 3. The molecule has 0 fully saturated rings. The topological polar surface area (TPSA) is 87.7 Å². The maximum absolute atomic E-state index is 12.9. The molecule has 7 nitrogen and oxygen atoms in total. The Morgan fingerprint density at radius 3 is 1.94 bits per heavy atom. The number of benzene rings is 3. The number of nitrogens with one attached hydrogen (secondary N) is 2. The van der Waals surface area contributed by atoms with Crippen LogP contribution in [0.1, 0.15) is 26.3 Å². The van der Waals surface area contributed by atoms with Crippen molar-refractivity contribution in [3.05, 3.63) is 89.5 Å². The van der Waals surface area contributed by atoms with Gasteiger partial charge in [-0.15, -0.1) is 0 Å². The number of nitrogens with zero attached hydrogens (tertiary/aromatic N) is 1. The lowest BCUT2D eigenvalue weighted by atomic mass is 10.1. The first-order valence-electron chi connectivity index (χ1n) is 10.4. The summed E-state index contributed by atoms with van der Waals surface area (Å²) >= 11 is 0. The summed E-state index contributed by atoms with van der Waals surface area (Å²) in [4.78, 5) is 38.3. The zero-order valence-corrected chi connectivity index (χ0v) is 18.8. The number of carbonyl (C=O) groups is 3. The lowest BCUT2D eigenvalue weighted by Crippen LogP contribution is -2.27. The summed E-state index contributed by atoms with van der Waals surface area (Å²) in [5, 5.41) is 5.08. The Balaban J connectivity index is 1.67. The molecule has 3 aromatic rings. The predicted octanol–water partition coefficient (Wildman–Crippen LogP) is 4.68. The molecule has 0 spiro atoms. The standard InChI is InChI=1S/C25H22F3N3O4/c1-31(2)22(32)15-35-21-11-4-7-17(13-21)24(34)29-19-9-3-6-16(12-19)23(33)30-20-10-5-8-18(14-20)25(26,27)28/h3-14H,15H2,1-2H3,(H,29,34)(H,30,33). The Kier molecular flexibility index (Phi) is 7.75. The Hall–Kier alpha value is -4.34. The van der Waals surface area contributed by atoms with E-state index in [-0.39, 0.29) is 29.3 Å². The van der Waals surface area contributed by atoms with Crippen molar-refractivity contribution < 1.29 is 32.3 Å². The van der Waals surface area contributed by atoms with Gasteiger partial charge in [-0.1, -0.05) is 18.2 Å². The summed E-state index contributed by atoms with van der Waals surface area (Å²) in [5.41, 5.74) is -0.184. The second-order valence-electron chi connectivity index (χ2n) is 7.67. The van der Waals surface area contributed by atoms with E-state index in [2.05, 4.69) is 10.6 Å². The van der Waals surface area contributed by atoms with Gasteiger partial charge in [0.2, 0.25) is 0 Å². The average molecular weight is 485 g/mol. The molecule has 0 aromatic heterocycles. The van der Waals surface area contributed by atoms with E-state index in [1.165, 1.54) is 41.3 Å². The third-order valence-electron chi connectivity index (χ3n) is 4.79. The fraction of sp³-hybridized carbons (Fsp3) is 0.160. The third-order valence-corrected chi connectivity index (χ3v) is 4.79. The Bertz CT molecular complexity index is 1240. The van der Waals surface area contributed by atoms with E-state index in [0.717, 1.165) is 12.1 Å². The van der Waals surface area contributed by atoms with Crippen LogP contribution in [0.4, 0.5) is 24.5 Å². The molecule has 3 amide bonds. The number of anilines is 2. The van der Waals surface area contributed by atoms with Gasteiger partial charge < -0.3 is 20.3 Å². The van der Waals surface area contributed by atoms with E-state index in [1.807, 2.05) is 0 Å². The number of carbonyl (C=O) groups excluding carboxylic acids is 3. The van der Waals surface area contributed by atoms with Crippen LogP contribution in [0.15, 0.2) is 72.8 Å². The predicted molar refractivity (Wildman–Crippen MR) is 124 cm³/mol. The smallest absolute Gasteiger partial charge is 0.416 e. The van der Waals surface area contributed by atoms with Crippen LogP contribution in [0, 0.1) is 0 Å². The second-order valence-corrected chi connectivity index (χ2v) is 7.67. The van der Waals surface area contributed by atoms with Gasteiger partial charge in [0.15, 0.2) is 6.61 Å². The van der Waals surface area contributed by atoms with Crippen LogP contribution in [0.5, 0.6) is 5.75 Å². The zero-order chi connectivity index (χ0) is 25.6. The lowest BCUT2D eigenvalue weighted by Gasteiger charge is -2.12. The van der Waals surface area contributed by atoms with Gasteiger partial charge in [0, 0.05) is 36.6 Å². The van der Waals surface area contributed by atoms with Crippen molar-refractivity contribution in [2.45, 2.75) is 6.18 Å². The van der Waals surface area contributed by atoms with Crippen molar-refractivity contribution in [3.8, 4) is 5.75 Å². The molecular weight excluding hydrogens is 463 g/mol. The fourth-order valence-corrected chi connectivity index (χ4v) is 2.92. The number of ether oxygens (including phenoxy) is 1. The van der Waals surface area contributed by atoms with Gasteiger partial charge in [0.25, 0.3) is 17.7 Å². The van der Waals surface area contributed by atoms with Gasteiger partial charge in [-0.05, 0) is 54.6 Å². The van der Waals surface area contributed by atoms with Gasteiger partial charge in [0.05, 0.1) is 5.56 Å². The molecule has 3 aromatic carbocycles. The van der Waals surface area contributed by atoms with Crippen LogP contribution >= 0.6 is 0 Å². The molecule has 0 aliphatic heterocycles. The minimum Gasteiger partial charge on any atom is -0.484 e. The number of hydrogen-bond acceptors (Lipinski definition) is 4. The molecule has 0 bridgehead atoms. The number of amides is 3. The van der Waals surface area contributed by atoms with Crippen LogP contribution in [0.25, 0.3) is 0 Å². The maximum Gasteiger partial charge on any atom is 0.416 e. The highest BCUT2D eigenvalue weighted by molar-refractivity contribution is 6.07. The quantitative estimate of drug-likeness (QED) is 0.509. The van der Waals surface area contributed by atoms with Crippen molar-refractivity contribution in [2.24, 2.45) is 0 Å². The zero-order valence-electron chi connectivity index (χ0n) is 18.8. The Morgan fingerprint density at radius 1 is 0.800 bits per heavy atom. The molecular formula is C25H22F3N3O4. The molecule has 0 unspecified atom stereocenters. The fourth-order valence-electron chi connectivity index (χ4n) is 2.92. The van der Waals surface area contributed by atoms with Gasteiger partial charge >= 0.3 is 6.18 Å². The van der Waals surface area contributed by atoms with E-state index in [9.17, 15) is 27.6 Å². The van der Waals surface area contributed by atoms with Gasteiger partial charge in [-0.3, -0.25) is 14.4 Å². The first kappa shape index (κ1) is 25.3. The van der Waals surface area contributed by atoms with Crippen LogP contribution in [0.2, 0.25) is 0 Å². The van der Waals surface area contributed by atoms with E-state index in [1.54, 1.807) is 38.4 Å². The molecule has 10 heteroatoms. The van der Waals surface area contributed by atoms with Crippen LogP contribution in [0.3, 0.4) is 0 Å². The SMILES string of the molecule is CN(C)C(=O)COc1cccc(C(=O)Nc2cccc(C(=O)Nc3cccc(C(F)(F)F)c3)c2)c1. The highest BCUT2D eigenvalue weighted by Crippen LogP contribution is 2.30. The second kappa shape index (κ2) is 10.7. The van der Waals surface area contributed by atoms with Crippen LogP contribution in [-0.4, -0.2) is 43.3 Å². The van der Waals surface area contributed by atoms with Crippen LogP contribution < -0.4 is 15.4 Å². The lowest BCUT2D eigenvalue weighted by molar-refractivity contribution is -0.137. The van der Waals surface area contributed by atoms with Crippen molar-refractivity contribution in [1.82, 2.24) is 4.90 Å². The number of rotatable bonds is 7. The minimum atomic E-state index is -4.53. The molecule has 2 N–H and O–H groups in total. The summed E-state index contributed by atoms with van der Waals surface area (Å²) in [6.45, 7) is -0.179. The molecule has 0 radical (unpaired) electrons. The van der Waals surface area contributed by atoms with Crippen molar-refractivity contribution in [3.63, 3.8) is 0 Å².